The predicted octanol–water partition coefficient (Wildman–Crippen LogP) is 3.35. The molecule has 1 heterocycles. The third-order valence-electron chi connectivity index (χ3n) is 5.01. The van der Waals surface area contributed by atoms with E-state index in [0.29, 0.717) is 13.2 Å². The molecule has 1 fully saturated rings. The highest BCUT2D eigenvalue weighted by molar-refractivity contribution is 7.99. The van der Waals surface area contributed by atoms with Crippen molar-refractivity contribution in [2.45, 2.75) is 12.0 Å². The molecule has 4 nitrogen and oxygen atoms in total. The van der Waals surface area contributed by atoms with Crippen molar-refractivity contribution < 1.29 is 14.6 Å². The van der Waals surface area contributed by atoms with Gasteiger partial charge >= 0.3 is 6.09 Å². The van der Waals surface area contributed by atoms with E-state index in [1.165, 1.54) is 22.3 Å². The molecular formula is C20H21NO3S. The van der Waals surface area contributed by atoms with E-state index in [4.69, 9.17) is 4.74 Å². The number of aliphatic hydroxyl groups excluding tert-OH is 1. The summed E-state index contributed by atoms with van der Waals surface area (Å²) in [6, 6.07) is 16.5. The lowest BCUT2D eigenvalue weighted by atomic mass is 9.98. The molecule has 5 heteroatoms. The summed E-state index contributed by atoms with van der Waals surface area (Å²) in [5.41, 5.74) is 4.87. The number of hydrogen-bond donors (Lipinski definition) is 1. The van der Waals surface area contributed by atoms with E-state index in [9.17, 15) is 9.90 Å². The minimum Gasteiger partial charge on any atom is -0.448 e. The highest BCUT2D eigenvalue weighted by Crippen LogP contribution is 2.44. The van der Waals surface area contributed by atoms with Crippen molar-refractivity contribution in [3.63, 3.8) is 0 Å². The third-order valence-corrected chi connectivity index (χ3v) is 6.10. The second kappa shape index (κ2) is 7.10. The first-order valence-corrected chi connectivity index (χ1v) is 9.75. The van der Waals surface area contributed by atoms with Gasteiger partial charge in [0.05, 0.1) is 12.6 Å². The van der Waals surface area contributed by atoms with Crippen molar-refractivity contribution in [1.29, 1.82) is 0 Å². The Kier molecular flexibility index (Phi) is 4.68. The molecule has 130 valence electrons. The standard InChI is InChI=1S/C20H21NO3S/c22-11-14-13-25-10-9-21(14)20(23)24-12-19-17-7-3-1-5-15(17)16-6-2-4-8-18(16)19/h1-8,14,19,22H,9-13H2. The molecule has 2 aliphatic rings. The van der Waals surface area contributed by atoms with Crippen LogP contribution in [0.1, 0.15) is 17.0 Å². The van der Waals surface area contributed by atoms with Crippen LogP contribution in [-0.2, 0) is 4.74 Å². The first kappa shape index (κ1) is 16.5. The Hall–Kier alpha value is -1.98. The minimum atomic E-state index is -0.318. The van der Waals surface area contributed by atoms with Crippen LogP contribution in [0.15, 0.2) is 48.5 Å². The Morgan fingerprint density at radius 3 is 2.40 bits per heavy atom. The van der Waals surface area contributed by atoms with Gasteiger partial charge in [-0.1, -0.05) is 48.5 Å². The third kappa shape index (κ3) is 3.02. The maximum absolute atomic E-state index is 12.5. The lowest BCUT2D eigenvalue weighted by Crippen LogP contribution is -2.48. The number of aliphatic hydroxyl groups is 1. The van der Waals surface area contributed by atoms with Crippen LogP contribution < -0.4 is 0 Å². The van der Waals surface area contributed by atoms with Gasteiger partial charge in [-0.05, 0) is 22.3 Å². The maximum atomic E-state index is 12.5. The summed E-state index contributed by atoms with van der Waals surface area (Å²) in [4.78, 5) is 14.2. The van der Waals surface area contributed by atoms with Gasteiger partial charge in [0.15, 0.2) is 0 Å². The number of nitrogens with zero attached hydrogens (tertiary/aromatic N) is 1. The normalized spacial score (nSPS) is 19.4. The number of rotatable bonds is 3. The summed E-state index contributed by atoms with van der Waals surface area (Å²) < 4.78 is 5.68. The van der Waals surface area contributed by atoms with Crippen LogP contribution in [0.2, 0.25) is 0 Å². The largest absolute Gasteiger partial charge is 0.448 e. The number of hydrogen-bond acceptors (Lipinski definition) is 4. The average molecular weight is 355 g/mol. The molecule has 0 radical (unpaired) electrons. The zero-order valence-electron chi connectivity index (χ0n) is 13.9. The van der Waals surface area contributed by atoms with Crippen molar-refractivity contribution in [3.8, 4) is 11.1 Å². The summed E-state index contributed by atoms with van der Waals surface area (Å²) >= 11 is 1.76. The molecule has 2 aromatic carbocycles. The molecule has 0 aromatic heterocycles. The number of ether oxygens (including phenoxy) is 1. The SMILES string of the molecule is O=C(OCC1c2ccccc2-c2ccccc21)N1CCSCC1CO. The molecule has 1 amide bonds. The van der Waals surface area contributed by atoms with Crippen LogP contribution in [-0.4, -0.2) is 53.4 Å². The lowest BCUT2D eigenvalue weighted by molar-refractivity contribution is 0.0741. The van der Waals surface area contributed by atoms with Crippen molar-refractivity contribution in [3.05, 3.63) is 59.7 Å². The van der Waals surface area contributed by atoms with Crippen LogP contribution >= 0.6 is 11.8 Å². The highest BCUT2D eigenvalue weighted by Gasteiger charge is 2.31. The first-order valence-electron chi connectivity index (χ1n) is 8.60. The van der Waals surface area contributed by atoms with E-state index in [1.54, 1.807) is 16.7 Å². The molecule has 1 aliphatic heterocycles. The van der Waals surface area contributed by atoms with Gasteiger partial charge in [-0.3, -0.25) is 0 Å². The summed E-state index contributed by atoms with van der Waals surface area (Å²) in [5, 5.41) is 9.49. The van der Waals surface area contributed by atoms with Crippen LogP contribution in [0.25, 0.3) is 11.1 Å². The van der Waals surface area contributed by atoms with Crippen molar-refractivity contribution in [2.24, 2.45) is 0 Å². The van der Waals surface area contributed by atoms with Gasteiger partial charge in [-0.15, -0.1) is 0 Å². The molecule has 1 saturated heterocycles. The van der Waals surface area contributed by atoms with Crippen molar-refractivity contribution in [1.82, 2.24) is 4.90 Å². The van der Waals surface area contributed by atoms with E-state index >= 15 is 0 Å². The molecule has 1 unspecified atom stereocenters. The monoisotopic (exact) mass is 355 g/mol. The van der Waals surface area contributed by atoms with Crippen molar-refractivity contribution >= 4 is 17.9 Å². The molecule has 2 aromatic rings. The molecule has 25 heavy (non-hydrogen) atoms. The zero-order chi connectivity index (χ0) is 17.2. The summed E-state index contributed by atoms with van der Waals surface area (Å²) in [7, 11) is 0. The van der Waals surface area contributed by atoms with Gasteiger partial charge in [0.25, 0.3) is 0 Å². The Morgan fingerprint density at radius 1 is 1.12 bits per heavy atom. The minimum absolute atomic E-state index is 0.0167. The van der Waals surface area contributed by atoms with Crippen LogP contribution in [0.3, 0.4) is 0 Å². The zero-order valence-corrected chi connectivity index (χ0v) is 14.7. The number of amides is 1. The summed E-state index contributed by atoms with van der Waals surface area (Å²) in [6.45, 7) is 0.943. The first-order chi connectivity index (χ1) is 12.3. The molecule has 0 bridgehead atoms. The van der Waals surface area contributed by atoms with Crippen LogP contribution in [0, 0.1) is 0 Å². The highest BCUT2D eigenvalue weighted by atomic mass is 32.2. The van der Waals surface area contributed by atoms with Gasteiger partial charge < -0.3 is 14.7 Å². The van der Waals surface area contributed by atoms with E-state index in [1.807, 2.05) is 24.3 Å². The predicted molar refractivity (Wildman–Crippen MR) is 100.0 cm³/mol. The quantitative estimate of drug-likeness (QED) is 0.917. The van der Waals surface area contributed by atoms with Gasteiger partial charge in [0, 0.05) is 24.0 Å². The van der Waals surface area contributed by atoms with E-state index < -0.39 is 0 Å². The molecule has 1 atom stereocenters. The smallest absolute Gasteiger partial charge is 0.410 e. The Bertz CT molecular complexity index is 734. The maximum Gasteiger partial charge on any atom is 0.410 e. The average Bonchev–Trinajstić information content (AvgIpc) is 3.00. The number of carbonyl (C=O) groups excluding carboxylic acids is 1. The van der Waals surface area contributed by atoms with Crippen LogP contribution in [0.5, 0.6) is 0 Å². The fourth-order valence-corrected chi connectivity index (χ4v) is 4.77. The van der Waals surface area contributed by atoms with Gasteiger partial charge in [0.2, 0.25) is 0 Å². The van der Waals surface area contributed by atoms with Crippen LogP contribution in [0.4, 0.5) is 4.79 Å². The lowest BCUT2D eigenvalue weighted by Gasteiger charge is -2.33. The number of thioether (sulfide) groups is 1. The van der Waals surface area contributed by atoms with Gasteiger partial charge in [-0.25, -0.2) is 4.79 Å². The second-order valence-corrected chi connectivity index (χ2v) is 7.56. The number of carbonyl (C=O) groups is 1. The number of fused-ring (bicyclic) bond motifs is 3. The van der Waals surface area contributed by atoms with Gasteiger partial charge in [-0.2, -0.15) is 11.8 Å². The molecule has 1 aliphatic carbocycles. The Balaban J connectivity index is 1.52. The van der Waals surface area contributed by atoms with E-state index in [2.05, 4.69) is 24.3 Å². The summed E-state index contributed by atoms with van der Waals surface area (Å²) in [5.74, 6) is 1.73. The second-order valence-electron chi connectivity index (χ2n) is 6.41. The molecular weight excluding hydrogens is 334 g/mol. The Morgan fingerprint density at radius 2 is 1.76 bits per heavy atom. The van der Waals surface area contributed by atoms with Gasteiger partial charge in [0.1, 0.15) is 6.61 Å². The van der Waals surface area contributed by atoms with Crippen molar-refractivity contribution in [2.75, 3.05) is 31.3 Å². The fraction of sp³-hybridized carbons (Fsp3) is 0.350. The van der Waals surface area contributed by atoms with E-state index in [0.717, 1.165) is 11.5 Å². The molecule has 1 N–H and O–H groups in total. The Labute approximate surface area is 151 Å². The topological polar surface area (TPSA) is 49.8 Å². The summed E-state index contributed by atoms with van der Waals surface area (Å²) in [6.07, 6.45) is -0.318. The molecule has 0 saturated carbocycles. The molecule has 0 spiro atoms. The molecule has 4 rings (SSSR count). The fourth-order valence-electron chi connectivity index (χ4n) is 3.72. The van der Waals surface area contributed by atoms with E-state index in [-0.39, 0.29) is 24.7 Å². The number of benzene rings is 2.